The lowest BCUT2D eigenvalue weighted by Gasteiger charge is -2.29. The number of anilines is 1. The number of nitrogens with zero attached hydrogens (tertiary/aromatic N) is 4. The van der Waals surface area contributed by atoms with Crippen molar-refractivity contribution in [1.82, 2.24) is 14.8 Å². The Kier molecular flexibility index (Phi) is 10.5. The predicted octanol–water partition coefficient (Wildman–Crippen LogP) is 6.38. The quantitative estimate of drug-likeness (QED) is 0.243. The molecular weight excluding hydrogens is 568 g/mol. The highest BCUT2D eigenvalue weighted by Gasteiger charge is 2.27. The Morgan fingerprint density at radius 3 is 2.41 bits per heavy atom. The third-order valence-corrected chi connectivity index (χ3v) is 9.09. The van der Waals surface area contributed by atoms with E-state index in [2.05, 4.69) is 49.9 Å². The minimum Gasteiger partial charge on any atom is -0.497 e. The molecule has 5 rings (SSSR count). The maximum Gasteiger partial charge on any atom is 0.273 e. The number of methoxy groups -OCH3 is 1. The van der Waals surface area contributed by atoms with Crippen LogP contribution in [0.2, 0.25) is 0 Å². The first-order valence-corrected chi connectivity index (χ1v) is 16.2. The molecule has 230 valence electrons. The monoisotopic (exact) mass is 610 g/mol. The molecule has 2 heterocycles. The lowest BCUT2D eigenvalue weighted by Crippen LogP contribution is -2.41. The van der Waals surface area contributed by atoms with Crippen molar-refractivity contribution in [2.75, 3.05) is 38.2 Å². The highest BCUT2D eigenvalue weighted by molar-refractivity contribution is 7.09. The smallest absolute Gasteiger partial charge is 0.273 e. The van der Waals surface area contributed by atoms with Crippen LogP contribution in [0.1, 0.15) is 58.0 Å². The van der Waals surface area contributed by atoms with Crippen molar-refractivity contribution in [1.29, 1.82) is 0 Å². The van der Waals surface area contributed by atoms with E-state index >= 15 is 0 Å². The molecule has 3 aromatic carbocycles. The highest BCUT2D eigenvalue weighted by Crippen LogP contribution is 2.29. The molecule has 0 fully saturated rings. The number of rotatable bonds is 7. The van der Waals surface area contributed by atoms with E-state index in [1.54, 1.807) is 7.11 Å². The van der Waals surface area contributed by atoms with E-state index in [0.29, 0.717) is 37.8 Å². The molecule has 7 nitrogen and oxygen atoms in total. The number of para-hydroxylation sites is 1. The molecule has 0 spiro atoms. The molecule has 8 heteroatoms. The molecule has 0 radical (unpaired) electrons. The minimum atomic E-state index is -0.0768. The van der Waals surface area contributed by atoms with Gasteiger partial charge in [-0.25, -0.2) is 4.98 Å². The molecule has 2 amide bonds. The number of carbonyl (C=O) groups is 2. The van der Waals surface area contributed by atoms with E-state index < -0.39 is 0 Å². The van der Waals surface area contributed by atoms with Crippen molar-refractivity contribution >= 4 is 28.8 Å². The first kappa shape index (κ1) is 31.4. The van der Waals surface area contributed by atoms with Gasteiger partial charge in [0.15, 0.2) is 0 Å². The van der Waals surface area contributed by atoms with E-state index in [9.17, 15) is 9.59 Å². The summed E-state index contributed by atoms with van der Waals surface area (Å²) in [6.07, 6.45) is 1.83. The molecule has 0 unspecified atom stereocenters. The lowest BCUT2D eigenvalue weighted by molar-refractivity contribution is -0.118. The van der Waals surface area contributed by atoms with E-state index in [1.165, 1.54) is 16.9 Å². The van der Waals surface area contributed by atoms with Gasteiger partial charge in [0.1, 0.15) is 11.4 Å². The van der Waals surface area contributed by atoms with Crippen LogP contribution in [0.15, 0.2) is 78.2 Å². The van der Waals surface area contributed by atoms with E-state index in [4.69, 9.17) is 9.72 Å². The third-order valence-electron chi connectivity index (χ3n) is 8.24. The van der Waals surface area contributed by atoms with Gasteiger partial charge in [-0.3, -0.25) is 14.5 Å². The van der Waals surface area contributed by atoms with Crippen molar-refractivity contribution in [3.05, 3.63) is 111 Å². The number of fused-ring (bicyclic) bond motifs is 1. The number of benzene rings is 3. The standard InChI is InChI=1S/C36H42N4O3S/c1-26(2)38-18-9-19-40(34(41)23-29-14-16-31(43-4)17-15-29)35-27(3)10-8-13-30(35)24-39(21-20-38)36(42)32-25-44-33(37-32)22-28-11-6-5-7-12-28/h5-8,10-17,25-26H,9,18-24H2,1-4H3. The fourth-order valence-corrected chi connectivity index (χ4v) is 6.60. The van der Waals surface area contributed by atoms with Crippen molar-refractivity contribution < 1.29 is 14.3 Å². The number of hydrogen-bond acceptors (Lipinski definition) is 6. The van der Waals surface area contributed by atoms with E-state index in [-0.39, 0.29) is 18.2 Å². The first-order valence-electron chi connectivity index (χ1n) is 15.4. The second-order valence-electron chi connectivity index (χ2n) is 11.7. The van der Waals surface area contributed by atoms with Crippen LogP contribution in [0.25, 0.3) is 0 Å². The predicted molar refractivity (Wildman–Crippen MR) is 178 cm³/mol. The summed E-state index contributed by atoms with van der Waals surface area (Å²) in [6, 6.07) is 24.3. The zero-order valence-electron chi connectivity index (χ0n) is 26.2. The maximum absolute atomic E-state index is 14.1. The zero-order chi connectivity index (χ0) is 31.1. The van der Waals surface area contributed by atoms with Gasteiger partial charge in [-0.2, -0.15) is 0 Å². The van der Waals surface area contributed by atoms with E-state index in [1.807, 2.05) is 63.7 Å². The molecule has 0 saturated carbocycles. The van der Waals surface area contributed by atoms with Crippen LogP contribution < -0.4 is 9.64 Å². The Morgan fingerprint density at radius 1 is 0.909 bits per heavy atom. The van der Waals surface area contributed by atoms with Gasteiger partial charge < -0.3 is 14.5 Å². The van der Waals surface area contributed by atoms with Gasteiger partial charge >= 0.3 is 0 Å². The summed E-state index contributed by atoms with van der Waals surface area (Å²) in [5.41, 5.74) is 5.50. The van der Waals surface area contributed by atoms with Crippen molar-refractivity contribution in [2.24, 2.45) is 0 Å². The van der Waals surface area contributed by atoms with Gasteiger partial charge in [0.2, 0.25) is 5.91 Å². The Morgan fingerprint density at radius 2 is 1.68 bits per heavy atom. The van der Waals surface area contributed by atoms with Gasteiger partial charge in [-0.1, -0.05) is 60.7 Å². The Hall–Kier alpha value is -4.01. The molecule has 1 aromatic heterocycles. The Labute approximate surface area is 265 Å². The minimum absolute atomic E-state index is 0.0454. The number of hydrogen-bond donors (Lipinski definition) is 0. The summed E-state index contributed by atoms with van der Waals surface area (Å²) in [7, 11) is 1.64. The molecule has 44 heavy (non-hydrogen) atoms. The largest absolute Gasteiger partial charge is 0.497 e. The molecule has 1 aliphatic rings. The number of aromatic nitrogens is 1. The van der Waals surface area contributed by atoms with Crippen LogP contribution >= 0.6 is 11.3 Å². The molecule has 0 aliphatic carbocycles. The van der Waals surface area contributed by atoms with Crippen LogP contribution in [0, 0.1) is 6.92 Å². The second kappa shape index (κ2) is 14.6. The summed E-state index contributed by atoms with van der Waals surface area (Å²) in [6.45, 7) is 9.61. The van der Waals surface area contributed by atoms with Gasteiger partial charge in [0.05, 0.1) is 24.2 Å². The Bertz CT molecular complexity index is 1550. The van der Waals surface area contributed by atoms with Gasteiger partial charge in [0, 0.05) is 50.6 Å². The van der Waals surface area contributed by atoms with Crippen LogP contribution in [0.4, 0.5) is 5.69 Å². The first-order chi connectivity index (χ1) is 21.3. The summed E-state index contributed by atoms with van der Waals surface area (Å²) in [4.78, 5) is 39.1. The molecule has 0 N–H and O–H groups in total. The van der Waals surface area contributed by atoms with Gasteiger partial charge in [-0.05, 0) is 61.6 Å². The number of aryl methyl sites for hydroxylation is 1. The van der Waals surface area contributed by atoms with Crippen LogP contribution in [0.3, 0.4) is 0 Å². The van der Waals surface area contributed by atoms with Crippen molar-refractivity contribution in [3.8, 4) is 5.75 Å². The summed E-state index contributed by atoms with van der Waals surface area (Å²) >= 11 is 1.53. The van der Waals surface area contributed by atoms with Gasteiger partial charge in [-0.15, -0.1) is 11.3 Å². The maximum atomic E-state index is 14.1. The lowest BCUT2D eigenvalue weighted by atomic mass is 10.0. The van der Waals surface area contributed by atoms with Crippen LogP contribution in [0.5, 0.6) is 5.75 Å². The molecule has 0 atom stereocenters. The highest BCUT2D eigenvalue weighted by atomic mass is 32.1. The average molecular weight is 611 g/mol. The molecular formula is C36H42N4O3S. The summed E-state index contributed by atoms with van der Waals surface area (Å²) < 4.78 is 5.30. The molecule has 1 aliphatic heterocycles. The third kappa shape index (κ3) is 7.73. The fraction of sp³-hybridized carbons (Fsp3) is 0.361. The average Bonchev–Trinajstić information content (AvgIpc) is 3.47. The number of amides is 2. The van der Waals surface area contributed by atoms with Crippen LogP contribution in [-0.4, -0.2) is 65.9 Å². The molecule has 0 saturated heterocycles. The second-order valence-corrected chi connectivity index (χ2v) is 12.6. The van der Waals surface area contributed by atoms with Gasteiger partial charge in [0.25, 0.3) is 5.91 Å². The number of thiazole rings is 1. The summed E-state index contributed by atoms with van der Waals surface area (Å²) in [5.74, 6) is 0.736. The molecule has 0 bridgehead atoms. The topological polar surface area (TPSA) is 66.0 Å². The summed E-state index contributed by atoms with van der Waals surface area (Å²) in [5, 5.41) is 2.81. The number of ether oxygens (including phenoxy) is 1. The van der Waals surface area contributed by atoms with Crippen molar-refractivity contribution in [3.63, 3.8) is 0 Å². The number of carbonyl (C=O) groups excluding carboxylic acids is 2. The van der Waals surface area contributed by atoms with Crippen LogP contribution in [-0.2, 0) is 24.2 Å². The van der Waals surface area contributed by atoms with Crippen molar-refractivity contribution in [2.45, 2.75) is 52.6 Å². The molecule has 4 aromatic rings. The Balaban J connectivity index is 1.45. The SMILES string of the molecule is COc1ccc(CC(=O)N2CCCN(C(C)C)CCN(C(=O)c3csc(Cc4ccccc4)n3)Cc3cccc(C)c32)cc1. The fourth-order valence-electron chi connectivity index (χ4n) is 5.80. The van der Waals surface area contributed by atoms with E-state index in [0.717, 1.165) is 52.6 Å². The zero-order valence-corrected chi connectivity index (χ0v) is 27.0. The normalized spacial score (nSPS) is 14.7.